The number of benzene rings is 1. The minimum absolute atomic E-state index is 0.0980. The van der Waals surface area contributed by atoms with Gasteiger partial charge in [0.05, 0.1) is 11.9 Å². The predicted molar refractivity (Wildman–Crippen MR) is 56.1 cm³/mol. The maximum Gasteiger partial charge on any atom is 0.363 e. The molecule has 0 bridgehead atoms. The molecule has 0 saturated heterocycles. The number of aromatic hydroxyl groups is 1. The molecule has 2 rings (SSSR count). The van der Waals surface area contributed by atoms with Crippen molar-refractivity contribution in [3.8, 4) is 11.5 Å². The molecule has 0 aliphatic rings. The van der Waals surface area contributed by atoms with Crippen molar-refractivity contribution < 1.29 is 14.6 Å². The molecule has 6 heteroatoms. The number of aromatic nitrogens is 2. The highest BCUT2D eigenvalue weighted by Gasteiger charge is 2.13. The molecule has 1 aromatic carbocycles. The molecule has 1 aromatic heterocycles. The van der Waals surface area contributed by atoms with Gasteiger partial charge in [-0.25, -0.2) is 4.79 Å². The van der Waals surface area contributed by atoms with Crippen LogP contribution in [0, 0.1) is 0 Å². The van der Waals surface area contributed by atoms with E-state index in [1.54, 1.807) is 0 Å². The third kappa shape index (κ3) is 1.95. The third-order valence-electron chi connectivity index (χ3n) is 1.92. The Hall–Kier alpha value is -2.50. The van der Waals surface area contributed by atoms with E-state index in [4.69, 9.17) is 15.6 Å². The van der Waals surface area contributed by atoms with Crippen LogP contribution in [0.3, 0.4) is 0 Å². The number of nitrogens with one attached hydrogen (secondary N) is 1. The summed E-state index contributed by atoms with van der Waals surface area (Å²) in [5.41, 5.74) is 5.82. The zero-order valence-corrected chi connectivity index (χ0v) is 8.18. The van der Waals surface area contributed by atoms with Crippen molar-refractivity contribution in [2.45, 2.75) is 0 Å². The summed E-state index contributed by atoms with van der Waals surface area (Å²) in [6.45, 7) is 0. The van der Waals surface area contributed by atoms with Gasteiger partial charge in [0.1, 0.15) is 11.5 Å². The minimum atomic E-state index is -0.624. The van der Waals surface area contributed by atoms with Gasteiger partial charge in [-0.1, -0.05) is 0 Å². The molecule has 0 saturated carbocycles. The smallest absolute Gasteiger partial charge is 0.363 e. The second-order valence-corrected chi connectivity index (χ2v) is 3.08. The first kappa shape index (κ1) is 10.0. The molecule has 6 nitrogen and oxygen atoms in total. The number of H-pyrrole nitrogens is 1. The van der Waals surface area contributed by atoms with Gasteiger partial charge < -0.3 is 15.6 Å². The van der Waals surface area contributed by atoms with Crippen LogP contribution < -0.4 is 10.5 Å². The van der Waals surface area contributed by atoms with E-state index < -0.39 is 5.97 Å². The molecule has 16 heavy (non-hydrogen) atoms. The number of anilines is 1. The number of hydrogen-bond acceptors (Lipinski definition) is 5. The number of carbonyl (C=O) groups is 1. The number of carbonyl (C=O) groups excluding carboxylic acids is 1. The van der Waals surface area contributed by atoms with Gasteiger partial charge in [0.2, 0.25) is 0 Å². The van der Waals surface area contributed by atoms with Gasteiger partial charge >= 0.3 is 5.97 Å². The molecule has 2 aromatic rings. The van der Waals surface area contributed by atoms with Crippen LogP contribution in [0.2, 0.25) is 0 Å². The molecule has 0 unspecified atom stereocenters. The van der Waals surface area contributed by atoms with Gasteiger partial charge in [-0.2, -0.15) is 5.10 Å². The summed E-state index contributed by atoms with van der Waals surface area (Å²) in [6.07, 6.45) is 1.33. The quantitative estimate of drug-likeness (QED) is 0.515. The lowest BCUT2D eigenvalue weighted by Gasteiger charge is -2.02. The first-order valence-electron chi connectivity index (χ1n) is 4.47. The summed E-state index contributed by atoms with van der Waals surface area (Å²) in [5.74, 6) is -0.210. The highest BCUT2D eigenvalue weighted by molar-refractivity contribution is 5.94. The Morgan fingerprint density at radius 2 is 2.06 bits per heavy atom. The van der Waals surface area contributed by atoms with E-state index in [1.807, 2.05) is 0 Å². The number of esters is 1. The molecule has 4 N–H and O–H groups in total. The Bertz CT molecular complexity index is 504. The summed E-state index contributed by atoms with van der Waals surface area (Å²) in [7, 11) is 0. The van der Waals surface area contributed by atoms with E-state index in [0.29, 0.717) is 5.75 Å². The molecule has 0 atom stereocenters. The van der Waals surface area contributed by atoms with Crippen molar-refractivity contribution in [3.63, 3.8) is 0 Å². The summed E-state index contributed by atoms with van der Waals surface area (Å²) in [6, 6.07) is 5.78. The molecular weight excluding hydrogens is 210 g/mol. The average molecular weight is 219 g/mol. The molecule has 82 valence electrons. The highest BCUT2D eigenvalue weighted by Crippen LogP contribution is 2.18. The van der Waals surface area contributed by atoms with Gasteiger partial charge in [-0.05, 0) is 24.3 Å². The first-order valence-corrected chi connectivity index (χ1v) is 4.47. The molecule has 0 aliphatic carbocycles. The second-order valence-electron chi connectivity index (χ2n) is 3.08. The molecule has 0 spiro atoms. The Balaban J connectivity index is 2.14. The maximum atomic E-state index is 11.5. The SMILES string of the molecule is Nc1cn[nH]c1C(=O)Oc1ccc(O)cc1. The third-order valence-corrected chi connectivity index (χ3v) is 1.92. The van der Waals surface area contributed by atoms with Gasteiger partial charge in [0, 0.05) is 0 Å². The maximum absolute atomic E-state index is 11.5. The highest BCUT2D eigenvalue weighted by atomic mass is 16.5. The van der Waals surface area contributed by atoms with Crippen molar-refractivity contribution in [3.05, 3.63) is 36.2 Å². The van der Waals surface area contributed by atoms with Crippen LogP contribution in [0.25, 0.3) is 0 Å². The van der Waals surface area contributed by atoms with Gasteiger partial charge in [0.25, 0.3) is 0 Å². The summed E-state index contributed by atoms with van der Waals surface area (Å²) >= 11 is 0. The fraction of sp³-hybridized carbons (Fsp3) is 0. The molecule has 0 amide bonds. The Labute approximate surface area is 90.7 Å². The number of nitrogen functional groups attached to an aromatic ring is 1. The van der Waals surface area contributed by atoms with E-state index in [1.165, 1.54) is 30.5 Å². The van der Waals surface area contributed by atoms with Crippen LogP contribution >= 0.6 is 0 Å². The second kappa shape index (κ2) is 3.93. The number of phenols is 1. The summed E-state index contributed by atoms with van der Waals surface area (Å²) < 4.78 is 4.99. The number of phenolic OH excluding ortho intramolecular Hbond substituents is 1. The van der Waals surface area contributed by atoms with E-state index >= 15 is 0 Å². The van der Waals surface area contributed by atoms with Crippen molar-refractivity contribution in [1.82, 2.24) is 10.2 Å². The van der Waals surface area contributed by atoms with Crippen molar-refractivity contribution in [2.24, 2.45) is 0 Å². The number of ether oxygens (including phenoxy) is 1. The molecule has 1 heterocycles. The van der Waals surface area contributed by atoms with Gasteiger partial charge in [-0.15, -0.1) is 0 Å². The van der Waals surface area contributed by atoms with Crippen molar-refractivity contribution in [1.29, 1.82) is 0 Å². The topological polar surface area (TPSA) is 101 Å². The Morgan fingerprint density at radius 3 is 2.62 bits per heavy atom. The zero-order chi connectivity index (χ0) is 11.5. The zero-order valence-electron chi connectivity index (χ0n) is 8.18. The van der Waals surface area contributed by atoms with E-state index in [0.717, 1.165) is 0 Å². The normalized spacial score (nSPS) is 10.0. The number of nitrogens with two attached hydrogens (primary N) is 1. The fourth-order valence-electron chi connectivity index (χ4n) is 1.13. The van der Waals surface area contributed by atoms with Crippen molar-refractivity contribution in [2.75, 3.05) is 5.73 Å². The van der Waals surface area contributed by atoms with Crippen LogP contribution in [0.5, 0.6) is 11.5 Å². The molecule has 0 radical (unpaired) electrons. The van der Waals surface area contributed by atoms with Crippen LogP contribution in [0.15, 0.2) is 30.5 Å². The largest absolute Gasteiger partial charge is 0.508 e. The average Bonchev–Trinajstić information content (AvgIpc) is 2.68. The lowest BCUT2D eigenvalue weighted by Crippen LogP contribution is -2.11. The number of rotatable bonds is 2. The first-order chi connectivity index (χ1) is 7.66. The van der Waals surface area contributed by atoms with Gasteiger partial charge in [0.15, 0.2) is 5.69 Å². The summed E-state index contributed by atoms with van der Waals surface area (Å²) in [5, 5.41) is 15.1. The molecule has 0 aliphatic heterocycles. The monoisotopic (exact) mass is 219 g/mol. The fourth-order valence-corrected chi connectivity index (χ4v) is 1.13. The minimum Gasteiger partial charge on any atom is -0.508 e. The van der Waals surface area contributed by atoms with E-state index in [9.17, 15) is 4.79 Å². The predicted octanol–water partition coefficient (Wildman–Crippen LogP) is 0.917. The Morgan fingerprint density at radius 1 is 1.38 bits per heavy atom. The van der Waals surface area contributed by atoms with Crippen molar-refractivity contribution >= 4 is 11.7 Å². The van der Waals surface area contributed by atoms with E-state index in [2.05, 4.69) is 10.2 Å². The molecular formula is C10H9N3O3. The molecule has 0 fully saturated rings. The summed E-state index contributed by atoms with van der Waals surface area (Å²) in [4.78, 5) is 11.5. The Kier molecular flexibility index (Phi) is 2.47. The number of nitrogens with zero attached hydrogens (tertiary/aromatic N) is 1. The lowest BCUT2D eigenvalue weighted by molar-refractivity contribution is 0.0729. The van der Waals surface area contributed by atoms with Gasteiger partial charge in [-0.3, -0.25) is 5.10 Å². The van der Waals surface area contributed by atoms with Crippen LogP contribution in [-0.4, -0.2) is 21.3 Å². The van der Waals surface area contributed by atoms with E-state index in [-0.39, 0.29) is 17.1 Å². The standard InChI is InChI=1S/C10H9N3O3/c11-8-5-12-13-9(8)10(15)16-7-3-1-6(14)2-4-7/h1-5,14H,11H2,(H,12,13). The van der Waals surface area contributed by atoms with Crippen LogP contribution in [0.4, 0.5) is 5.69 Å². The lowest BCUT2D eigenvalue weighted by atomic mass is 10.3. The van der Waals surface area contributed by atoms with Crippen LogP contribution in [-0.2, 0) is 0 Å². The number of hydrogen-bond donors (Lipinski definition) is 3. The van der Waals surface area contributed by atoms with Crippen LogP contribution in [0.1, 0.15) is 10.5 Å². The number of aromatic amines is 1.